The van der Waals surface area contributed by atoms with Crippen LogP contribution in [0.3, 0.4) is 0 Å². The Morgan fingerprint density at radius 1 is 0.541 bits per heavy atom. The monoisotopic (exact) mass is 550 g/mol. The standard InChI is InChI=1S/C32H20N4Se/c1-4-10-22(11-5-1)29-34-30(23-12-6-2-7-13-23)36-31(35-29)25-17-16-21-18-19-27-28(26(21)20-25)37-32(33-27)24-14-8-3-9-15-24/h1-20H/i3D,8D,9D,14D,15D,16D,17D,18D,19D,20D. The first kappa shape index (κ1) is 13.8. The molecule has 4 nitrogen and oxygen atoms in total. The number of rotatable bonds is 4. The van der Waals surface area contributed by atoms with Crippen LogP contribution in [0.4, 0.5) is 0 Å². The normalized spacial score (nSPS) is 15.0. The topological polar surface area (TPSA) is 51.6 Å². The summed E-state index contributed by atoms with van der Waals surface area (Å²) in [7, 11) is 0. The van der Waals surface area contributed by atoms with Crippen LogP contribution in [0.2, 0.25) is 0 Å². The van der Waals surface area contributed by atoms with Gasteiger partial charge in [-0.3, -0.25) is 0 Å². The second-order valence-electron chi connectivity index (χ2n) is 7.99. The van der Waals surface area contributed by atoms with Gasteiger partial charge in [0, 0.05) is 0 Å². The molecule has 7 aromatic rings. The molecular formula is C32H20N4Se. The van der Waals surface area contributed by atoms with Crippen LogP contribution in [0.5, 0.6) is 0 Å². The molecule has 0 atom stereocenters. The van der Waals surface area contributed by atoms with E-state index in [4.69, 9.17) is 12.3 Å². The zero-order chi connectivity index (χ0) is 33.3. The average molecular weight is 550 g/mol. The van der Waals surface area contributed by atoms with E-state index in [1.165, 1.54) is 0 Å². The molecule has 0 amide bonds. The Bertz CT molecular complexity index is 2330. The third kappa shape index (κ3) is 4.15. The van der Waals surface area contributed by atoms with E-state index in [1.807, 2.05) is 60.7 Å². The number of hydrogen-bond donors (Lipinski definition) is 0. The quantitative estimate of drug-likeness (QED) is 0.216. The zero-order valence-corrected chi connectivity index (χ0v) is 20.7. The third-order valence-electron chi connectivity index (χ3n) is 5.61. The van der Waals surface area contributed by atoms with Gasteiger partial charge in [-0.2, -0.15) is 0 Å². The fourth-order valence-electron chi connectivity index (χ4n) is 3.86. The Morgan fingerprint density at radius 2 is 1.14 bits per heavy atom. The van der Waals surface area contributed by atoms with Crippen molar-refractivity contribution in [3.05, 3.63) is 121 Å². The second-order valence-corrected chi connectivity index (χ2v) is 10.1. The first-order valence-electron chi connectivity index (χ1n) is 16.3. The molecule has 0 aliphatic carbocycles. The van der Waals surface area contributed by atoms with Crippen LogP contribution in [-0.2, 0) is 0 Å². The van der Waals surface area contributed by atoms with E-state index in [0.29, 0.717) is 27.0 Å². The molecule has 174 valence electrons. The minimum absolute atomic E-state index is 0.0180. The number of nitrogens with zero attached hydrogens (tertiary/aromatic N) is 4. The molecule has 0 saturated carbocycles. The van der Waals surface area contributed by atoms with Crippen molar-refractivity contribution in [2.75, 3.05) is 0 Å². The first-order chi connectivity index (χ1) is 22.5. The molecular weight excluding hydrogens is 519 g/mol. The number of fused-ring (bicyclic) bond motifs is 3. The molecule has 5 heteroatoms. The van der Waals surface area contributed by atoms with Gasteiger partial charge in [0.05, 0.1) is 0 Å². The van der Waals surface area contributed by atoms with Crippen molar-refractivity contribution in [1.29, 1.82) is 0 Å². The van der Waals surface area contributed by atoms with Gasteiger partial charge < -0.3 is 0 Å². The summed E-state index contributed by atoms with van der Waals surface area (Å²) in [5.74, 6) is 0.572. The van der Waals surface area contributed by atoms with Gasteiger partial charge in [-0.25, -0.2) is 0 Å². The van der Waals surface area contributed by atoms with Crippen molar-refractivity contribution in [3.63, 3.8) is 0 Å². The molecule has 0 radical (unpaired) electrons. The first-order valence-corrected chi connectivity index (χ1v) is 13.0. The molecule has 2 heterocycles. The average Bonchev–Trinajstić information content (AvgIpc) is 3.52. The van der Waals surface area contributed by atoms with Crippen molar-refractivity contribution < 1.29 is 13.7 Å². The van der Waals surface area contributed by atoms with Crippen LogP contribution in [0, 0.1) is 0 Å². The van der Waals surface area contributed by atoms with E-state index < -0.39 is 56.8 Å². The molecule has 2 aromatic heterocycles. The summed E-state index contributed by atoms with van der Waals surface area (Å²) in [6.07, 6.45) is 0. The van der Waals surface area contributed by atoms with E-state index in [2.05, 4.69) is 19.9 Å². The van der Waals surface area contributed by atoms with Crippen LogP contribution in [-0.4, -0.2) is 34.4 Å². The minimum atomic E-state index is -0.891. The van der Waals surface area contributed by atoms with Crippen LogP contribution in [0.1, 0.15) is 13.7 Å². The van der Waals surface area contributed by atoms with Crippen LogP contribution >= 0.6 is 0 Å². The number of aromatic nitrogens is 4. The Hall–Kier alpha value is -4.44. The maximum atomic E-state index is 9.40. The Kier molecular flexibility index (Phi) is 3.42. The van der Waals surface area contributed by atoms with E-state index in [-0.39, 0.29) is 55.9 Å². The molecule has 5 aromatic carbocycles. The summed E-state index contributed by atoms with van der Waals surface area (Å²) in [5.41, 5.74) is 1.20. The van der Waals surface area contributed by atoms with Gasteiger partial charge in [-0.05, 0) is 0 Å². The van der Waals surface area contributed by atoms with Crippen LogP contribution < -0.4 is 0 Å². The third-order valence-corrected chi connectivity index (χ3v) is 7.90. The second kappa shape index (κ2) is 9.21. The van der Waals surface area contributed by atoms with Crippen molar-refractivity contribution in [2.24, 2.45) is 0 Å². The van der Waals surface area contributed by atoms with Gasteiger partial charge >= 0.3 is 234 Å². The molecule has 0 spiro atoms. The molecule has 7 rings (SSSR count). The molecule has 37 heavy (non-hydrogen) atoms. The Balaban J connectivity index is 1.57. The van der Waals surface area contributed by atoms with Gasteiger partial charge in [0.1, 0.15) is 0 Å². The summed E-state index contributed by atoms with van der Waals surface area (Å²) in [4.78, 5) is 18.5. The van der Waals surface area contributed by atoms with Crippen molar-refractivity contribution in [2.45, 2.75) is 0 Å². The molecule has 0 fully saturated rings. The van der Waals surface area contributed by atoms with Crippen LogP contribution in [0.15, 0.2) is 121 Å². The van der Waals surface area contributed by atoms with E-state index in [0.717, 1.165) is 0 Å². The van der Waals surface area contributed by atoms with Gasteiger partial charge in [-0.15, -0.1) is 0 Å². The number of hydrogen-bond acceptors (Lipinski definition) is 4. The summed E-state index contributed by atoms with van der Waals surface area (Å²) < 4.78 is 86.4. The molecule has 0 aliphatic rings. The molecule has 0 bridgehead atoms. The summed E-state index contributed by atoms with van der Waals surface area (Å²) in [6.45, 7) is 0. The molecule has 0 saturated heterocycles. The van der Waals surface area contributed by atoms with Gasteiger partial charge in [0.25, 0.3) is 0 Å². The van der Waals surface area contributed by atoms with Gasteiger partial charge in [0.2, 0.25) is 0 Å². The SMILES string of the molecule is [2H]c1c([2H])c([2H])c(-c2nc3c([2H])c([2H])c4c([2H])c([2H])c(-c5nc(-c6ccccc6)nc(-c6ccccc6)n5)c([2H])c4c3[se]2)c([2H])c1[2H]. The molecule has 0 aliphatic heterocycles. The molecule has 0 unspecified atom stereocenters. The predicted octanol–water partition coefficient (Wildman–Crippen LogP) is 7.30. The fourth-order valence-corrected chi connectivity index (χ4v) is 5.92. The summed E-state index contributed by atoms with van der Waals surface area (Å²) in [5, 5.41) is 0.0403. The van der Waals surface area contributed by atoms with Gasteiger partial charge in [-0.1, -0.05) is 0 Å². The Labute approximate surface area is 234 Å². The van der Waals surface area contributed by atoms with Gasteiger partial charge in [0.15, 0.2) is 0 Å². The van der Waals surface area contributed by atoms with E-state index in [9.17, 15) is 1.37 Å². The number of benzene rings is 5. The zero-order valence-electron chi connectivity index (χ0n) is 29.0. The van der Waals surface area contributed by atoms with E-state index >= 15 is 0 Å². The predicted molar refractivity (Wildman–Crippen MR) is 151 cm³/mol. The summed E-state index contributed by atoms with van der Waals surface area (Å²) >= 11 is -0.891. The Morgan fingerprint density at radius 3 is 1.78 bits per heavy atom. The fraction of sp³-hybridized carbons (Fsp3) is 0. The maximum absolute atomic E-state index is 9.40. The van der Waals surface area contributed by atoms with Crippen molar-refractivity contribution in [3.8, 4) is 44.3 Å². The van der Waals surface area contributed by atoms with Crippen LogP contribution in [0.25, 0.3) is 64.8 Å². The van der Waals surface area contributed by atoms with Crippen molar-refractivity contribution in [1.82, 2.24) is 19.9 Å². The summed E-state index contributed by atoms with van der Waals surface area (Å²) in [6, 6.07) is 14.1. The van der Waals surface area contributed by atoms with E-state index in [1.54, 1.807) is 0 Å². The van der Waals surface area contributed by atoms with Crippen molar-refractivity contribution >= 4 is 35.1 Å². The molecule has 0 N–H and O–H groups in total.